The molecule has 3 amide bonds. The van der Waals surface area contributed by atoms with Gasteiger partial charge in [-0.15, -0.1) is 0 Å². The molecular weight excluding hydrogens is 678 g/mol. The molecule has 2 aromatic carbocycles. The van der Waals surface area contributed by atoms with Crippen molar-refractivity contribution in [1.29, 1.82) is 0 Å². The molecule has 4 aromatic rings. The van der Waals surface area contributed by atoms with Crippen LogP contribution in [0.15, 0.2) is 54.7 Å². The van der Waals surface area contributed by atoms with Crippen LogP contribution in [0.4, 0.5) is 17.6 Å². The topological polar surface area (TPSA) is 186 Å². The Balaban J connectivity index is 1.40. The summed E-state index contributed by atoms with van der Waals surface area (Å²) >= 11 is 0. The van der Waals surface area contributed by atoms with Gasteiger partial charge >= 0.3 is 6.18 Å². The second-order valence-electron chi connectivity index (χ2n) is 13.4. The maximum absolute atomic E-state index is 15.0. The number of primary amides is 1. The summed E-state index contributed by atoms with van der Waals surface area (Å²) < 4.78 is 70.2. The quantitative estimate of drug-likeness (QED) is 0.146. The molecule has 1 aliphatic heterocycles. The van der Waals surface area contributed by atoms with Crippen molar-refractivity contribution >= 4 is 28.6 Å². The minimum Gasteiger partial charge on any atom is -0.486 e. The summed E-state index contributed by atoms with van der Waals surface area (Å²) in [5.74, 6) is -3.15. The number of nitrogens with two attached hydrogens (primary N) is 1. The number of nitrogens with one attached hydrogen (secondary N) is 2. The SMILES string of the molecule is Cc1cnc2c(OCC(N)=O)cc(C(=O)NC[C@](O)(c3cc4c(c(-c5ccc(F)cc5)n3)OC3C[C@@]43C(=O)NCC(C)(C)O)C(F)(F)F)cc2c1. The van der Waals surface area contributed by atoms with Crippen molar-refractivity contribution in [2.24, 2.45) is 5.73 Å². The molecular formula is C35H33F4N5O7. The van der Waals surface area contributed by atoms with Crippen molar-refractivity contribution in [3.8, 4) is 22.8 Å². The molecule has 0 spiro atoms. The number of hydrogen-bond donors (Lipinski definition) is 5. The fourth-order valence-electron chi connectivity index (χ4n) is 5.98. The highest BCUT2D eigenvalue weighted by atomic mass is 19.4. The maximum atomic E-state index is 15.0. The molecule has 1 aliphatic carbocycles. The van der Waals surface area contributed by atoms with Crippen LogP contribution >= 0.6 is 0 Å². The van der Waals surface area contributed by atoms with Crippen LogP contribution in [0.1, 0.15) is 47.4 Å². The van der Waals surface area contributed by atoms with E-state index in [1.165, 1.54) is 44.3 Å². The van der Waals surface area contributed by atoms with Gasteiger partial charge in [0, 0.05) is 41.2 Å². The molecule has 1 unspecified atom stereocenters. The van der Waals surface area contributed by atoms with Crippen molar-refractivity contribution in [1.82, 2.24) is 20.6 Å². The van der Waals surface area contributed by atoms with Gasteiger partial charge in [0.1, 0.15) is 34.3 Å². The number of fused-ring (bicyclic) bond motifs is 4. The highest BCUT2D eigenvalue weighted by Crippen LogP contribution is 2.61. The fraction of sp³-hybridized carbons (Fsp3) is 0.343. The van der Waals surface area contributed by atoms with E-state index in [0.717, 1.165) is 18.2 Å². The number of rotatable bonds is 11. The molecule has 1 fully saturated rings. The summed E-state index contributed by atoms with van der Waals surface area (Å²) in [6.45, 7) is 2.50. The zero-order valence-electron chi connectivity index (χ0n) is 27.5. The minimum absolute atomic E-state index is 0.00714. The first-order chi connectivity index (χ1) is 23.8. The van der Waals surface area contributed by atoms with Crippen molar-refractivity contribution < 1.29 is 51.6 Å². The first-order valence-corrected chi connectivity index (χ1v) is 15.7. The molecule has 1 saturated carbocycles. The second-order valence-corrected chi connectivity index (χ2v) is 13.4. The average Bonchev–Trinajstić information content (AvgIpc) is 3.69. The van der Waals surface area contributed by atoms with Crippen LogP contribution in [0.3, 0.4) is 0 Å². The predicted octanol–water partition coefficient (Wildman–Crippen LogP) is 3.08. The zero-order chi connectivity index (χ0) is 37.1. The van der Waals surface area contributed by atoms with Crippen LogP contribution in [0.5, 0.6) is 11.5 Å². The molecule has 12 nitrogen and oxygen atoms in total. The summed E-state index contributed by atoms with van der Waals surface area (Å²) in [5, 5.41) is 26.8. The van der Waals surface area contributed by atoms with E-state index in [2.05, 4.69) is 20.6 Å². The number of aryl methyl sites for hydroxylation is 1. The van der Waals surface area contributed by atoms with Gasteiger partial charge in [-0.05, 0) is 74.9 Å². The number of carbonyl (C=O) groups is 3. The Morgan fingerprint density at radius 2 is 1.76 bits per heavy atom. The molecule has 0 bridgehead atoms. The van der Waals surface area contributed by atoms with Gasteiger partial charge < -0.3 is 36.1 Å². The van der Waals surface area contributed by atoms with Gasteiger partial charge in [-0.2, -0.15) is 13.2 Å². The van der Waals surface area contributed by atoms with E-state index in [-0.39, 0.29) is 52.4 Å². The maximum Gasteiger partial charge on any atom is 0.424 e. The summed E-state index contributed by atoms with van der Waals surface area (Å²) in [5.41, 5.74) is -1.59. The van der Waals surface area contributed by atoms with E-state index in [0.29, 0.717) is 10.9 Å². The van der Waals surface area contributed by atoms with Gasteiger partial charge in [0.05, 0.1) is 17.8 Å². The van der Waals surface area contributed by atoms with Crippen molar-refractivity contribution in [2.45, 2.75) is 56.1 Å². The number of halogens is 4. The lowest BCUT2D eigenvalue weighted by Crippen LogP contribution is -2.51. The second kappa shape index (κ2) is 12.5. The standard InChI is InChI=1S/C35H33F4N5O7/c1-17-8-19-9-20(10-23(27(19)41-13-17)50-14-26(40)45)30(46)42-16-34(49,35(37,38)39)24-11-22-29(28(44-24)18-4-6-21(36)7-5-18)51-25-12-33(22,25)31(47)43-15-32(2,3)48/h4-11,13,25,48-49H,12,14-16H2,1-3H3,(H2,40,45)(H,42,46)(H,43,47)/t25?,33-,34+/m1/s1. The number of ether oxygens (including phenoxy) is 2. The van der Waals surface area contributed by atoms with E-state index in [4.69, 9.17) is 15.2 Å². The largest absolute Gasteiger partial charge is 0.486 e. The number of aromatic nitrogens is 2. The molecule has 6 N–H and O–H groups in total. The Kier molecular flexibility index (Phi) is 8.66. The van der Waals surface area contributed by atoms with Crippen LogP contribution in [-0.4, -0.2) is 75.5 Å². The lowest BCUT2D eigenvalue weighted by atomic mass is 9.88. The summed E-state index contributed by atoms with van der Waals surface area (Å²) in [7, 11) is 0. The summed E-state index contributed by atoms with van der Waals surface area (Å²) in [6.07, 6.45) is -4.59. The van der Waals surface area contributed by atoms with E-state index in [1.54, 1.807) is 13.0 Å². The predicted molar refractivity (Wildman–Crippen MR) is 173 cm³/mol. The third-order valence-corrected chi connectivity index (χ3v) is 8.73. The Morgan fingerprint density at radius 1 is 1.06 bits per heavy atom. The molecule has 2 aliphatic rings. The smallest absolute Gasteiger partial charge is 0.424 e. The molecule has 3 heterocycles. The Labute approximate surface area is 288 Å². The number of carbonyl (C=O) groups excluding carboxylic acids is 3. The molecule has 2 aromatic heterocycles. The Hall–Kier alpha value is -5.35. The number of amides is 3. The van der Waals surface area contributed by atoms with Crippen LogP contribution < -0.4 is 25.8 Å². The number of alkyl halides is 3. The first kappa shape index (κ1) is 35.5. The third kappa shape index (κ3) is 6.63. The van der Waals surface area contributed by atoms with E-state index in [1.807, 2.05) is 0 Å². The highest BCUT2D eigenvalue weighted by molar-refractivity contribution is 6.00. The Morgan fingerprint density at radius 3 is 2.41 bits per heavy atom. The monoisotopic (exact) mass is 711 g/mol. The van der Waals surface area contributed by atoms with Crippen molar-refractivity contribution in [2.75, 3.05) is 19.7 Å². The number of pyridine rings is 2. The van der Waals surface area contributed by atoms with Crippen molar-refractivity contribution in [3.05, 3.63) is 82.9 Å². The molecule has 3 atom stereocenters. The number of benzene rings is 2. The normalized spacial score (nSPS) is 19.0. The summed E-state index contributed by atoms with van der Waals surface area (Å²) in [4.78, 5) is 46.7. The lowest BCUT2D eigenvalue weighted by molar-refractivity contribution is -0.265. The van der Waals surface area contributed by atoms with Gasteiger partial charge in [-0.3, -0.25) is 19.4 Å². The van der Waals surface area contributed by atoms with Gasteiger partial charge in [0.2, 0.25) is 11.5 Å². The average molecular weight is 712 g/mol. The van der Waals surface area contributed by atoms with E-state index in [9.17, 15) is 42.2 Å². The molecule has 0 saturated heterocycles. The zero-order valence-corrected chi connectivity index (χ0v) is 27.5. The summed E-state index contributed by atoms with van der Waals surface area (Å²) in [6, 6.07) is 9.77. The van der Waals surface area contributed by atoms with Gasteiger partial charge in [-0.25, -0.2) is 9.37 Å². The number of aliphatic hydroxyl groups is 2. The van der Waals surface area contributed by atoms with Crippen LogP contribution in [-0.2, 0) is 20.6 Å². The Bertz CT molecular complexity index is 2070. The minimum atomic E-state index is -5.43. The molecule has 51 heavy (non-hydrogen) atoms. The van der Waals surface area contributed by atoms with Gasteiger partial charge in [0.25, 0.3) is 11.8 Å². The molecule has 6 rings (SSSR count). The first-order valence-electron chi connectivity index (χ1n) is 15.7. The van der Waals surface area contributed by atoms with Crippen LogP contribution in [0.2, 0.25) is 0 Å². The van der Waals surface area contributed by atoms with Gasteiger partial charge in [-0.1, -0.05) is 0 Å². The van der Waals surface area contributed by atoms with E-state index < -0.39 is 71.3 Å². The highest BCUT2D eigenvalue weighted by Gasteiger charge is 2.69. The third-order valence-electron chi connectivity index (χ3n) is 8.73. The van der Waals surface area contributed by atoms with Crippen molar-refractivity contribution in [3.63, 3.8) is 0 Å². The number of hydrogen-bond acceptors (Lipinski definition) is 9. The molecule has 16 heteroatoms. The lowest BCUT2D eigenvalue weighted by Gasteiger charge is -2.31. The fourth-order valence-corrected chi connectivity index (χ4v) is 5.98. The van der Waals surface area contributed by atoms with Crippen LogP contribution in [0.25, 0.3) is 22.2 Å². The van der Waals surface area contributed by atoms with Crippen LogP contribution in [0, 0.1) is 12.7 Å². The number of nitrogens with zero attached hydrogens (tertiary/aromatic N) is 2. The molecule has 268 valence electrons. The van der Waals surface area contributed by atoms with Gasteiger partial charge in [0.15, 0.2) is 12.4 Å². The molecule has 0 radical (unpaired) electrons. The van der Waals surface area contributed by atoms with E-state index >= 15 is 0 Å².